The van der Waals surface area contributed by atoms with Crippen molar-refractivity contribution in [2.75, 3.05) is 13.1 Å². The normalized spacial score (nSPS) is 16.8. The van der Waals surface area contributed by atoms with E-state index < -0.39 is 5.60 Å². The highest BCUT2D eigenvalue weighted by Gasteiger charge is 2.28. The first kappa shape index (κ1) is 29.5. The van der Waals surface area contributed by atoms with Crippen LogP contribution in [0.1, 0.15) is 130 Å². The van der Waals surface area contributed by atoms with Gasteiger partial charge in [0, 0.05) is 25.6 Å². The third kappa shape index (κ3) is 16.7. The summed E-state index contributed by atoms with van der Waals surface area (Å²) in [5.41, 5.74) is -0.489. The maximum atomic E-state index is 12.3. The maximum absolute atomic E-state index is 12.3. The molecule has 1 rings (SSSR count). The number of piperidine rings is 1. The van der Waals surface area contributed by atoms with E-state index in [2.05, 4.69) is 24.4 Å². The highest BCUT2D eigenvalue weighted by Crippen LogP contribution is 2.16. The zero-order valence-electron chi connectivity index (χ0n) is 22.1. The number of allylic oxidation sites excluding steroid dienone is 2. The van der Waals surface area contributed by atoms with Crippen LogP contribution in [-0.4, -0.2) is 41.6 Å². The van der Waals surface area contributed by atoms with Gasteiger partial charge in [-0.1, -0.05) is 70.4 Å². The zero-order valence-corrected chi connectivity index (χ0v) is 22.1. The highest BCUT2D eigenvalue weighted by molar-refractivity contribution is 5.76. The van der Waals surface area contributed by atoms with Crippen LogP contribution in [0.3, 0.4) is 0 Å². The van der Waals surface area contributed by atoms with Crippen LogP contribution in [0.25, 0.3) is 0 Å². The Morgan fingerprint density at radius 3 is 2.09 bits per heavy atom. The Balaban J connectivity index is 1.99. The SMILES string of the molecule is CCCCCCCCC=CCCCCCCCC(=O)NC1CCCN(C(=O)OC(C)(C)C)C1. The number of ether oxygens (including phenoxy) is 1. The second kappa shape index (κ2) is 17.9. The molecule has 0 aromatic heterocycles. The van der Waals surface area contributed by atoms with Gasteiger partial charge in [-0.2, -0.15) is 0 Å². The Bertz CT molecular complexity index is 554. The van der Waals surface area contributed by atoms with E-state index in [0.717, 1.165) is 25.7 Å². The van der Waals surface area contributed by atoms with Gasteiger partial charge in [-0.3, -0.25) is 4.79 Å². The van der Waals surface area contributed by atoms with Crippen molar-refractivity contribution in [2.45, 2.75) is 142 Å². The molecule has 0 bridgehead atoms. The van der Waals surface area contributed by atoms with Crippen molar-refractivity contribution in [1.82, 2.24) is 10.2 Å². The van der Waals surface area contributed by atoms with Crippen LogP contribution in [0.2, 0.25) is 0 Å². The molecule has 0 aliphatic carbocycles. The topological polar surface area (TPSA) is 58.6 Å². The number of hydrogen-bond acceptors (Lipinski definition) is 3. The molecular weight excluding hydrogens is 412 g/mol. The van der Waals surface area contributed by atoms with E-state index >= 15 is 0 Å². The zero-order chi connectivity index (χ0) is 24.4. The maximum Gasteiger partial charge on any atom is 0.410 e. The van der Waals surface area contributed by atoms with Crippen LogP contribution in [0, 0.1) is 0 Å². The number of carbonyl (C=O) groups is 2. The largest absolute Gasteiger partial charge is 0.444 e. The van der Waals surface area contributed by atoms with Gasteiger partial charge in [0.15, 0.2) is 0 Å². The van der Waals surface area contributed by atoms with E-state index in [4.69, 9.17) is 4.74 Å². The quantitative estimate of drug-likeness (QED) is 0.190. The summed E-state index contributed by atoms with van der Waals surface area (Å²) in [6.45, 7) is 9.15. The van der Waals surface area contributed by atoms with Crippen LogP contribution in [0.4, 0.5) is 4.79 Å². The average molecular weight is 465 g/mol. The molecular formula is C28H52N2O3. The van der Waals surface area contributed by atoms with Gasteiger partial charge in [0.25, 0.3) is 0 Å². The third-order valence-corrected chi connectivity index (χ3v) is 6.10. The molecule has 33 heavy (non-hydrogen) atoms. The minimum atomic E-state index is -0.489. The summed E-state index contributed by atoms with van der Waals surface area (Å²) in [6.07, 6.45) is 23.2. The van der Waals surface area contributed by atoms with Gasteiger partial charge in [-0.05, 0) is 65.7 Å². The minimum absolute atomic E-state index is 0.0434. The van der Waals surface area contributed by atoms with E-state index in [-0.39, 0.29) is 18.0 Å². The van der Waals surface area contributed by atoms with Crippen LogP contribution in [0.15, 0.2) is 12.2 Å². The summed E-state index contributed by atoms with van der Waals surface area (Å²) in [5.74, 6) is 0.115. The van der Waals surface area contributed by atoms with Crippen molar-refractivity contribution in [3.8, 4) is 0 Å². The molecule has 1 N–H and O–H groups in total. The lowest BCUT2D eigenvalue weighted by Crippen LogP contribution is -2.50. The predicted octanol–water partition coefficient (Wildman–Crippen LogP) is 7.54. The smallest absolute Gasteiger partial charge is 0.410 e. The van der Waals surface area contributed by atoms with Gasteiger partial charge in [0.2, 0.25) is 5.91 Å². The molecule has 0 saturated carbocycles. The van der Waals surface area contributed by atoms with Crippen molar-refractivity contribution in [3.63, 3.8) is 0 Å². The Morgan fingerprint density at radius 1 is 0.909 bits per heavy atom. The first-order valence-electron chi connectivity index (χ1n) is 13.7. The fraction of sp³-hybridized carbons (Fsp3) is 0.857. The van der Waals surface area contributed by atoms with Crippen molar-refractivity contribution in [2.24, 2.45) is 0 Å². The lowest BCUT2D eigenvalue weighted by Gasteiger charge is -2.34. The van der Waals surface area contributed by atoms with Gasteiger partial charge < -0.3 is 15.0 Å². The van der Waals surface area contributed by atoms with Crippen LogP contribution < -0.4 is 5.32 Å². The standard InChI is InChI=1S/C28H52N2O3/c1-5-6-7-8-9-10-11-12-13-14-15-16-17-18-19-22-26(31)29-25-21-20-23-30(24-25)27(32)33-28(2,3)4/h12-13,25H,5-11,14-24H2,1-4H3,(H,29,31). The summed E-state index contributed by atoms with van der Waals surface area (Å²) in [5, 5.41) is 3.12. The molecule has 0 spiro atoms. The molecule has 1 aliphatic heterocycles. The monoisotopic (exact) mass is 464 g/mol. The molecule has 5 nitrogen and oxygen atoms in total. The summed E-state index contributed by atoms with van der Waals surface area (Å²) in [4.78, 5) is 26.3. The molecule has 1 saturated heterocycles. The Hall–Kier alpha value is -1.52. The van der Waals surface area contributed by atoms with Crippen LogP contribution in [-0.2, 0) is 9.53 Å². The number of nitrogens with zero attached hydrogens (tertiary/aromatic N) is 1. The van der Waals surface area contributed by atoms with Gasteiger partial charge >= 0.3 is 6.09 Å². The van der Waals surface area contributed by atoms with Gasteiger partial charge in [-0.25, -0.2) is 4.79 Å². The number of nitrogens with one attached hydrogen (secondary N) is 1. The van der Waals surface area contributed by atoms with Crippen molar-refractivity contribution in [3.05, 3.63) is 12.2 Å². The lowest BCUT2D eigenvalue weighted by molar-refractivity contribution is -0.122. The lowest BCUT2D eigenvalue weighted by atomic mass is 10.0. The molecule has 2 amide bonds. The number of likely N-dealkylation sites (tertiary alicyclic amines) is 1. The van der Waals surface area contributed by atoms with E-state index in [1.54, 1.807) is 4.90 Å². The summed E-state index contributed by atoms with van der Waals surface area (Å²) in [7, 11) is 0. The van der Waals surface area contributed by atoms with Crippen LogP contribution in [0.5, 0.6) is 0 Å². The number of rotatable bonds is 16. The second-order valence-electron chi connectivity index (χ2n) is 10.7. The van der Waals surface area contributed by atoms with Gasteiger partial charge in [-0.15, -0.1) is 0 Å². The number of unbranched alkanes of at least 4 members (excludes halogenated alkanes) is 11. The summed E-state index contributed by atoms with van der Waals surface area (Å²) < 4.78 is 5.46. The van der Waals surface area contributed by atoms with E-state index in [0.29, 0.717) is 19.5 Å². The van der Waals surface area contributed by atoms with E-state index in [1.165, 1.54) is 70.6 Å². The first-order valence-corrected chi connectivity index (χ1v) is 13.7. The summed E-state index contributed by atoms with van der Waals surface area (Å²) >= 11 is 0. The highest BCUT2D eigenvalue weighted by atomic mass is 16.6. The van der Waals surface area contributed by atoms with E-state index in [9.17, 15) is 9.59 Å². The fourth-order valence-electron chi connectivity index (χ4n) is 4.24. The number of hydrogen-bond donors (Lipinski definition) is 1. The molecule has 192 valence electrons. The summed E-state index contributed by atoms with van der Waals surface area (Å²) in [6, 6.07) is 0.0434. The minimum Gasteiger partial charge on any atom is -0.444 e. The Morgan fingerprint density at radius 2 is 1.48 bits per heavy atom. The number of carbonyl (C=O) groups excluding carboxylic acids is 2. The van der Waals surface area contributed by atoms with Gasteiger partial charge in [0.1, 0.15) is 5.60 Å². The van der Waals surface area contributed by atoms with Crippen molar-refractivity contribution < 1.29 is 14.3 Å². The predicted molar refractivity (Wildman–Crippen MR) is 138 cm³/mol. The Kier molecular flexibility index (Phi) is 16.0. The first-order chi connectivity index (χ1) is 15.8. The Labute approximate surface area is 204 Å². The van der Waals surface area contributed by atoms with E-state index in [1.807, 2.05) is 20.8 Å². The van der Waals surface area contributed by atoms with Crippen molar-refractivity contribution in [1.29, 1.82) is 0 Å². The molecule has 1 aliphatic rings. The molecule has 5 heteroatoms. The fourth-order valence-corrected chi connectivity index (χ4v) is 4.24. The molecule has 1 fully saturated rings. The molecule has 0 aromatic carbocycles. The van der Waals surface area contributed by atoms with Crippen molar-refractivity contribution >= 4 is 12.0 Å². The molecule has 0 radical (unpaired) electrons. The van der Waals surface area contributed by atoms with Crippen LogP contribution >= 0.6 is 0 Å². The molecule has 1 unspecified atom stereocenters. The third-order valence-electron chi connectivity index (χ3n) is 6.10. The molecule has 1 heterocycles. The number of amides is 2. The average Bonchev–Trinajstić information content (AvgIpc) is 2.75. The second-order valence-corrected chi connectivity index (χ2v) is 10.7. The van der Waals surface area contributed by atoms with Gasteiger partial charge in [0.05, 0.1) is 0 Å². The molecule has 0 aromatic rings. The molecule has 1 atom stereocenters.